The van der Waals surface area contributed by atoms with Crippen molar-refractivity contribution < 1.29 is 4.79 Å². The maximum atomic E-state index is 12.7. The lowest BCUT2D eigenvalue weighted by molar-refractivity contribution is 0.0947. The maximum Gasteiger partial charge on any atom is 0.270 e. The fraction of sp³-hybridized carbons (Fsp3) is 0.222. The molecule has 0 spiro atoms. The van der Waals surface area contributed by atoms with Gasteiger partial charge in [-0.1, -0.05) is 53.5 Å². The zero-order chi connectivity index (χ0) is 16.2. The van der Waals surface area contributed by atoms with Crippen LogP contribution in [0.1, 0.15) is 30.3 Å². The zero-order valence-electron chi connectivity index (χ0n) is 12.9. The van der Waals surface area contributed by atoms with Crippen LogP contribution >= 0.6 is 15.9 Å². The van der Waals surface area contributed by atoms with Gasteiger partial charge in [0, 0.05) is 16.4 Å². The van der Waals surface area contributed by atoms with E-state index in [4.69, 9.17) is 0 Å². The molecule has 5 heteroatoms. The Morgan fingerprint density at radius 1 is 1.22 bits per heavy atom. The molecule has 0 atom stereocenters. The van der Waals surface area contributed by atoms with Crippen LogP contribution in [-0.4, -0.2) is 22.2 Å². The number of amides is 1. The lowest BCUT2D eigenvalue weighted by atomic mass is 10.2. The van der Waals surface area contributed by atoms with Crippen LogP contribution in [0.3, 0.4) is 0 Å². The monoisotopic (exact) mass is 371 g/mol. The third-order valence-corrected chi connectivity index (χ3v) is 4.16. The smallest absolute Gasteiger partial charge is 0.270 e. The molecule has 0 fully saturated rings. The molecule has 23 heavy (non-hydrogen) atoms. The van der Waals surface area contributed by atoms with Gasteiger partial charge in [0.25, 0.3) is 5.91 Å². The Morgan fingerprint density at radius 2 is 2.04 bits per heavy atom. The third-order valence-electron chi connectivity index (χ3n) is 3.66. The van der Waals surface area contributed by atoms with Crippen LogP contribution in [-0.2, 0) is 0 Å². The molecule has 1 aromatic heterocycles. The molecule has 0 bridgehead atoms. The van der Waals surface area contributed by atoms with Gasteiger partial charge in [-0.15, -0.1) is 0 Å². The van der Waals surface area contributed by atoms with E-state index >= 15 is 0 Å². The average Bonchev–Trinajstić information content (AvgIpc) is 2.94. The molecule has 118 valence electrons. The summed E-state index contributed by atoms with van der Waals surface area (Å²) in [6.45, 7) is 2.78. The fourth-order valence-electron chi connectivity index (χ4n) is 2.51. The van der Waals surface area contributed by atoms with E-state index in [1.54, 1.807) is 4.68 Å². The largest absolute Gasteiger partial charge is 0.351 e. The highest BCUT2D eigenvalue weighted by atomic mass is 79.9. The molecule has 0 saturated carbocycles. The van der Waals surface area contributed by atoms with E-state index in [1.807, 2.05) is 48.5 Å². The Balaban J connectivity index is 2.10. The van der Waals surface area contributed by atoms with Crippen LogP contribution < -0.4 is 5.32 Å². The van der Waals surface area contributed by atoms with Gasteiger partial charge in [-0.05, 0) is 30.7 Å². The second-order valence-corrected chi connectivity index (χ2v) is 6.28. The van der Waals surface area contributed by atoms with Gasteiger partial charge in [0.2, 0.25) is 0 Å². The van der Waals surface area contributed by atoms with Gasteiger partial charge < -0.3 is 5.32 Å². The Labute approximate surface area is 143 Å². The van der Waals surface area contributed by atoms with E-state index in [2.05, 4.69) is 33.3 Å². The van der Waals surface area contributed by atoms with Crippen LogP contribution in [0.15, 0.2) is 53.0 Å². The molecule has 0 unspecified atom stereocenters. The second kappa shape index (κ2) is 6.96. The molecular weight excluding hydrogens is 354 g/mol. The number of halogens is 1. The molecule has 3 rings (SSSR count). The maximum absolute atomic E-state index is 12.7. The summed E-state index contributed by atoms with van der Waals surface area (Å²) >= 11 is 3.47. The van der Waals surface area contributed by atoms with Crippen molar-refractivity contribution in [1.82, 2.24) is 15.1 Å². The summed E-state index contributed by atoms with van der Waals surface area (Å²) in [6.07, 6.45) is 2.01. The molecule has 0 aliphatic heterocycles. The predicted octanol–water partition coefficient (Wildman–Crippen LogP) is 4.32. The summed E-state index contributed by atoms with van der Waals surface area (Å²) in [7, 11) is 0. The number of unbranched alkanes of at least 4 members (excludes halogenated alkanes) is 1. The highest BCUT2D eigenvalue weighted by Crippen LogP contribution is 2.23. The first kappa shape index (κ1) is 15.7. The Bertz CT molecular complexity index is 841. The lowest BCUT2D eigenvalue weighted by Gasteiger charge is -2.09. The molecule has 4 nitrogen and oxygen atoms in total. The normalized spacial score (nSPS) is 10.9. The van der Waals surface area contributed by atoms with Gasteiger partial charge in [-0.25, -0.2) is 4.68 Å². The van der Waals surface area contributed by atoms with Crippen LogP contribution in [0.4, 0.5) is 0 Å². The molecule has 0 aliphatic carbocycles. The molecular formula is C18H18BrN3O. The number of nitrogens with one attached hydrogen (secondary N) is 1. The number of hydrogen-bond acceptors (Lipinski definition) is 2. The topological polar surface area (TPSA) is 46.9 Å². The first-order valence-corrected chi connectivity index (χ1v) is 8.52. The van der Waals surface area contributed by atoms with E-state index in [0.717, 1.165) is 33.9 Å². The highest BCUT2D eigenvalue weighted by Gasteiger charge is 2.19. The quantitative estimate of drug-likeness (QED) is 0.678. The molecule has 1 N–H and O–H groups in total. The summed E-state index contributed by atoms with van der Waals surface area (Å²) in [5.41, 5.74) is 2.25. The van der Waals surface area contributed by atoms with Gasteiger partial charge >= 0.3 is 0 Å². The Morgan fingerprint density at radius 3 is 2.83 bits per heavy atom. The van der Waals surface area contributed by atoms with Gasteiger partial charge in [0.15, 0.2) is 0 Å². The first-order valence-electron chi connectivity index (χ1n) is 7.72. The Kier molecular flexibility index (Phi) is 4.76. The van der Waals surface area contributed by atoms with E-state index in [9.17, 15) is 4.79 Å². The summed E-state index contributed by atoms with van der Waals surface area (Å²) in [5, 5.41) is 8.46. The van der Waals surface area contributed by atoms with Crippen molar-refractivity contribution in [3.63, 3.8) is 0 Å². The van der Waals surface area contributed by atoms with Gasteiger partial charge in [-0.2, -0.15) is 5.10 Å². The molecule has 1 amide bonds. The van der Waals surface area contributed by atoms with E-state index in [-0.39, 0.29) is 5.91 Å². The van der Waals surface area contributed by atoms with Crippen LogP contribution in [0, 0.1) is 0 Å². The molecule has 2 aromatic carbocycles. The first-order chi connectivity index (χ1) is 11.2. The number of benzene rings is 2. The summed E-state index contributed by atoms with van der Waals surface area (Å²) in [4.78, 5) is 12.7. The van der Waals surface area contributed by atoms with Gasteiger partial charge in [-0.3, -0.25) is 4.79 Å². The molecule has 0 radical (unpaired) electrons. The zero-order valence-corrected chi connectivity index (χ0v) is 14.5. The van der Waals surface area contributed by atoms with E-state index in [1.165, 1.54) is 0 Å². The van der Waals surface area contributed by atoms with Crippen molar-refractivity contribution in [2.45, 2.75) is 19.8 Å². The van der Waals surface area contributed by atoms with Crippen molar-refractivity contribution in [1.29, 1.82) is 0 Å². The third kappa shape index (κ3) is 3.29. The number of carbonyl (C=O) groups is 1. The molecule has 3 aromatic rings. The van der Waals surface area contributed by atoms with Crippen LogP contribution in [0.25, 0.3) is 16.6 Å². The summed E-state index contributed by atoms with van der Waals surface area (Å²) in [6, 6.07) is 15.5. The number of carbonyl (C=O) groups excluding carboxylic acids is 1. The number of hydrogen-bond donors (Lipinski definition) is 1. The van der Waals surface area contributed by atoms with E-state index in [0.29, 0.717) is 12.2 Å². The van der Waals surface area contributed by atoms with Crippen molar-refractivity contribution in [3.8, 4) is 5.69 Å². The Hall–Kier alpha value is -2.14. The minimum absolute atomic E-state index is 0.0906. The van der Waals surface area contributed by atoms with Crippen molar-refractivity contribution >= 4 is 32.7 Å². The van der Waals surface area contributed by atoms with Crippen molar-refractivity contribution in [2.75, 3.05) is 6.54 Å². The minimum Gasteiger partial charge on any atom is -0.351 e. The lowest BCUT2D eigenvalue weighted by Crippen LogP contribution is -2.27. The highest BCUT2D eigenvalue weighted by molar-refractivity contribution is 9.10. The van der Waals surface area contributed by atoms with Crippen LogP contribution in [0.2, 0.25) is 0 Å². The van der Waals surface area contributed by atoms with Crippen molar-refractivity contribution in [3.05, 3.63) is 58.7 Å². The predicted molar refractivity (Wildman–Crippen MR) is 96.0 cm³/mol. The standard InChI is InChI=1S/C18H18BrN3O/c1-2-3-11-20-18(23)17-15-9-4-5-10-16(15)21-22(17)14-8-6-7-13(19)12-14/h4-10,12H,2-3,11H2,1H3,(H,20,23). The molecule has 0 aliphatic rings. The SMILES string of the molecule is CCCCNC(=O)c1c2ccccc2nn1-c1cccc(Br)c1. The fourth-order valence-corrected chi connectivity index (χ4v) is 2.90. The number of nitrogens with zero attached hydrogens (tertiary/aromatic N) is 2. The summed E-state index contributed by atoms with van der Waals surface area (Å²) in [5.74, 6) is -0.0906. The molecule has 1 heterocycles. The minimum atomic E-state index is -0.0906. The number of fused-ring (bicyclic) bond motifs is 1. The van der Waals surface area contributed by atoms with Gasteiger partial charge in [0.1, 0.15) is 5.69 Å². The molecule has 0 saturated heterocycles. The second-order valence-electron chi connectivity index (χ2n) is 5.37. The summed E-state index contributed by atoms with van der Waals surface area (Å²) < 4.78 is 2.67. The van der Waals surface area contributed by atoms with Crippen LogP contribution in [0.5, 0.6) is 0 Å². The number of rotatable bonds is 5. The average molecular weight is 372 g/mol. The van der Waals surface area contributed by atoms with Gasteiger partial charge in [0.05, 0.1) is 11.2 Å². The van der Waals surface area contributed by atoms with Crippen molar-refractivity contribution in [2.24, 2.45) is 0 Å². The van der Waals surface area contributed by atoms with E-state index < -0.39 is 0 Å². The number of aromatic nitrogens is 2.